The lowest BCUT2D eigenvalue weighted by atomic mass is 9.84. The van der Waals surface area contributed by atoms with E-state index in [1.54, 1.807) is 0 Å². The van der Waals surface area contributed by atoms with Crippen LogP contribution in [0.3, 0.4) is 0 Å². The molecule has 18 heavy (non-hydrogen) atoms. The van der Waals surface area contributed by atoms with Crippen molar-refractivity contribution in [2.45, 2.75) is 44.9 Å². The largest absolute Gasteiger partial charge is 0.356 e. The maximum absolute atomic E-state index is 12.1. The van der Waals surface area contributed by atoms with Gasteiger partial charge in [-0.2, -0.15) is 0 Å². The minimum absolute atomic E-state index is 0.262. The third kappa shape index (κ3) is 3.25. The van der Waals surface area contributed by atoms with Crippen molar-refractivity contribution in [2.75, 3.05) is 26.2 Å². The van der Waals surface area contributed by atoms with Gasteiger partial charge >= 0.3 is 0 Å². The fourth-order valence-corrected chi connectivity index (χ4v) is 3.19. The second kappa shape index (κ2) is 5.60. The Labute approximate surface area is 110 Å². The van der Waals surface area contributed by atoms with Crippen LogP contribution in [0, 0.1) is 17.8 Å². The van der Waals surface area contributed by atoms with Crippen molar-refractivity contribution in [3.63, 3.8) is 0 Å². The molecule has 3 heteroatoms. The number of piperidine rings is 1. The van der Waals surface area contributed by atoms with E-state index in [9.17, 15) is 4.79 Å². The van der Waals surface area contributed by atoms with Gasteiger partial charge in [0.25, 0.3) is 0 Å². The van der Waals surface area contributed by atoms with E-state index in [1.165, 1.54) is 51.6 Å². The van der Waals surface area contributed by atoms with Gasteiger partial charge in [0.2, 0.25) is 5.91 Å². The highest BCUT2D eigenvalue weighted by Crippen LogP contribution is 2.29. The average molecular weight is 250 g/mol. The zero-order valence-electron chi connectivity index (χ0n) is 11.4. The highest BCUT2D eigenvalue weighted by atomic mass is 16.1. The Bertz CT molecular complexity index is 297. The fourth-order valence-electron chi connectivity index (χ4n) is 3.19. The normalized spacial score (nSPS) is 29.9. The van der Waals surface area contributed by atoms with Gasteiger partial charge in [0.1, 0.15) is 0 Å². The highest BCUT2D eigenvalue weighted by Gasteiger charge is 2.29. The van der Waals surface area contributed by atoms with E-state index in [4.69, 9.17) is 0 Å². The molecule has 1 amide bonds. The zero-order chi connectivity index (χ0) is 12.4. The van der Waals surface area contributed by atoms with Gasteiger partial charge in [-0.1, -0.05) is 6.42 Å². The molecule has 3 rings (SSSR count). The quantitative estimate of drug-likeness (QED) is 0.809. The van der Waals surface area contributed by atoms with Crippen molar-refractivity contribution in [3.8, 4) is 0 Å². The monoisotopic (exact) mass is 250 g/mol. The molecule has 1 atom stereocenters. The number of rotatable bonds is 5. The van der Waals surface area contributed by atoms with Gasteiger partial charge in [-0.15, -0.1) is 0 Å². The van der Waals surface area contributed by atoms with Crippen molar-refractivity contribution in [1.29, 1.82) is 0 Å². The van der Waals surface area contributed by atoms with Gasteiger partial charge in [-0.3, -0.25) is 4.79 Å². The summed E-state index contributed by atoms with van der Waals surface area (Å²) in [6.45, 7) is 4.39. The minimum atomic E-state index is 0.262. The van der Waals surface area contributed by atoms with E-state index >= 15 is 0 Å². The maximum Gasteiger partial charge on any atom is 0.224 e. The summed E-state index contributed by atoms with van der Waals surface area (Å²) in [7, 11) is 0. The molecule has 0 spiro atoms. The molecule has 1 unspecified atom stereocenters. The number of likely N-dealkylation sites (tertiary alicyclic amines) is 1. The fraction of sp³-hybridized carbons (Fsp3) is 0.933. The van der Waals surface area contributed by atoms with Crippen molar-refractivity contribution < 1.29 is 4.79 Å². The lowest BCUT2D eigenvalue weighted by molar-refractivity contribution is -0.126. The summed E-state index contributed by atoms with van der Waals surface area (Å²) in [6.07, 6.45) is 9.18. The standard InChI is InChI=1S/C15H26N2O/c18-15(16-9-12-6-7-12)14-5-2-8-17(11-14)10-13-3-1-4-13/h12-14H,1-11H2,(H,16,18). The van der Waals surface area contributed by atoms with Crippen LogP contribution in [0.15, 0.2) is 0 Å². The third-order valence-corrected chi connectivity index (χ3v) is 4.88. The van der Waals surface area contributed by atoms with Crippen LogP contribution in [-0.4, -0.2) is 37.0 Å². The van der Waals surface area contributed by atoms with Gasteiger partial charge in [0, 0.05) is 19.6 Å². The van der Waals surface area contributed by atoms with Crippen LogP contribution in [-0.2, 0) is 4.79 Å². The molecule has 0 radical (unpaired) electrons. The number of hydrogen-bond acceptors (Lipinski definition) is 2. The predicted octanol–water partition coefficient (Wildman–Crippen LogP) is 2.02. The maximum atomic E-state index is 12.1. The molecule has 1 N–H and O–H groups in total. The number of carbonyl (C=O) groups is 1. The molecule has 1 heterocycles. The molecule has 3 fully saturated rings. The molecule has 3 aliphatic rings. The average Bonchev–Trinajstić information content (AvgIpc) is 3.15. The van der Waals surface area contributed by atoms with Crippen molar-refractivity contribution in [1.82, 2.24) is 10.2 Å². The van der Waals surface area contributed by atoms with Gasteiger partial charge in [-0.25, -0.2) is 0 Å². The van der Waals surface area contributed by atoms with Crippen molar-refractivity contribution in [3.05, 3.63) is 0 Å². The number of nitrogens with zero attached hydrogens (tertiary/aromatic N) is 1. The van der Waals surface area contributed by atoms with Crippen LogP contribution < -0.4 is 5.32 Å². The molecule has 3 nitrogen and oxygen atoms in total. The summed E-state index contributed by atoms with van der Waals surface area (Å²) >= 11 is 0. The van der Waals surface area contributed by atoms with E-state index in [0.717, 1.165) is 31.3 Å². The smallest absolute Gasteiger partial charge is 0.224 e. The van der Waals surface area contributed by atoms with Crippen LogP contribution in [0.2, 0.25) is 0 Å². The molecule has 2 saturated carbocycles. The van der Waals surface area contributed by atoms with Crippen molar-refractivity contribution in [2.24, 2.45) is 17.8 Å². The molecule has 1 aliphatic heterocycles. The molecule has 0 aromatic carbocycles. The minimum Gasteiger partial charge on any atom is -0.356 e. The van der Waals surface area contributed by atoms with Crippen LogP contribution >= 0.6 is 0 Å². The first kappa shape index (κ1) is 12.5. The third-order valence-electron chi connectivity index (χ3n) is 4.88. The molecule has 102 valence electrons. The highest BCUT2D eigenvalue weighted by molar-refractivity contribution is 5.79. The Kier molecular flexibility index (Phi) is 3.88. The molecule has 0 bridgehead atoms. The molecular weight excluding hydrogens is 224 g/mol. The van der Waals surface area contributed by atoms with Gasteiger partial charge in [0.15, 0.2) is 0 Å². The first-order valence-corrected chi connectivity index (χ1v) is 7.81. The Morgan fingerprint density at radius 3 is 2.56 bits per heavy atom. The van der Waals surface area contributed by atoms with Crippen LogP contribution in [0.1, 0.15) is 44.9 Å². The van der Waals surface area contributed by atoms with Gasteiger partial charge in [0.05, 0.1) is 5.92 Å². The second-order valence-electron chi connectivity index (χ2n) is 6.58. The first-order chi connectivity index (χ1) is 8.81. The predicted molar refractivity (Wildman–Crippen MR) is 72.2 cm³/mol. The summed E-state index contributed by atoms with van der Waals surface area (Å²) in [4.78, 5) is 14.6. The van der Waals surface area contributed by atoms with Crippen molar-refractivity contribution >= 4 is 5.91 Å². The summed E-state index contributed by atoms with van der Waals surface area (Å²) in [5, 5.41) is 3.15. The molecule has 0 aromatic heterocycles. The van der Waals surface area contributed by atoms with E-state index in [1.807, 2.05) is 0 Å². The van der Waals surface area contributed by atoms with Crippen LogP contribution in [0.25, 0.3) is 0 Å². The van der Waals surface area contributed by atoms with Gasteiger partial charge < -0.3 is 10.2 Å². The summed E-state index contributed by atoms with van der Waals surface area (Å²) in [6, 6.07) is 0. The lowest BCUT2D eigenvalue weighted by Crippen LogP contribution is -2.45. The Hall–Kier alpha value is -0.570. The van der Waals surface area contributed by atoms with E-state index in [-0.39, 0.29) is 5.92 Å². The zero-order valence-corrected chi connectivity index (χ0v) is 11.4. The second-order valence-corrected chi connectivity index (χ2v) is 6.58. The molecule has 2 aliphatic carbocycles. The number of amides is 1. The lowest BCUT2D eigenvalue weighted by Gasteiger charge is -2.37. The Balaban J connectivity index is 1.41. The Morgan fingerprint density at radius 1 is 1.06 bits per heavy atom. The summed E-state index contributed by atoms with van der Waals surface area (Å²) in [5.41, 5.74) is 0. The SMILES string of the molecule is O=C(NCC1CC1)C1CCCN(CC2CCC2)C1. The first-order valence-electron chi connectivity index (χ1n) is 7.81. The number of hydrogen-bond donors (Lipinski definition) is 1. The van der Waals surface area contributed by atoms with E-state index < -0.39 is 0 Å². The topological polar surface area (TPSA) is 32.3 Å². The number of nitrogens with one attached hydrogen (secondary N) is 1. The van der Waals surface area contributed by atoms with Crippen LogP contribution in [0.4, 0.5) is 0 Å². The van der Waals surface area contributed by atoms with E-state index in [0.29, 0.717) is 5.91 Å². The van der Waals surface area contributed by atoms with Crippen LogP contribution in [0.5, 0.6) is 0 Å². The Morgan fingerprint density at radius 2 is 1.89 bits per heavy atom. The van der Waals surface area contributed by atoms with E-state index in [2.05, 4.69) is 10.2 Å². The molecule has 0 aromatic rings. The van der Waals surface area contributed by atoms with Gasteiger partial charge in [-0.05, 0) is 56.9 Å². The summed E-state index contributed by atoms with van der Waals surface area (Å²) in [5.74, 6) is 2.31. The molecular formula is C15H26N2O. The number of carbonyl (C=O) groups excluding carboxylic acids is 1. The molecule has 1 saturated heterocycles. The summed E-state index contributed by atoms with van der Waals surface area (Å²) < 4.78 is 0.